The third-order valence-corrected chi connectivity index (χ3v) is 8.90. The van der Waals surface area contributed by atoms with E-state index in [1.54, 1.807) is 27.8 Å². The van der Waals surface area contributed by atoms with E-state index in [1.807, 2.05) is 19.9 Å². The second-order valence-electron chi connectivity index (χ2n) is 7.78. The van der Waals surface area contributed by atoms with Crippen LogP contribution in [-0.2, 0) is 10.0 Å². The van der Waals surface area contributed by atoms with E-state index in [9.17, 15) is 8.42 Å². The maximum atomic E-state index is 13.4. The summed E-state index contributed by atoms with van der Waals surface area (Å²) in [6, 6.07) is 5.29. The van der Waals surface area contributed by atoms with Crippen LogP contribution in [0.3, 0.4) is 0 Å². The third-order valence-electron chi connectivity index (χ3n) is 5.83. The van der Waals surface area contributed by atoms with Crippen molar-refractivity contribution in [3.05, 3.63) is 45.9 Å². The molecular formula is C21H27N3O3S2. The number of ether oxygens (including phenoxy) is 1. The van der Waals surface area contributed by atoms with Gasteiger partial charge in [-0.15, -0.1) is 11.3 Å². The molecule has 0 bridgehead atoms. The van der Waals surface area contributed by atoms with Crippen LogP contribution in [0, 0.1) is 27.7 Å². The number of fused-ring (bicyclic) bond motifs is 1. The lowest BCUT2D eigenvalue weighted by molar-refractivity contribution is 0.312. The van der Waals surface area contributed by atoms with E-state index in [1.165, 1.54) is 17.7 Å². The molecule has 29 heavy (non-hydrogen) atoms. The van der Waals surface area contributed by atoms with Crippen LogP contribution in [0.5, 0.6) is 5.75 Å². The molecular weight excluding hydrogens is 406 g/mol. The third kappa shape index (κ3) is 3.37. The largest absolute Gasteiger partial charge is 0.495 e. The Bertz CT molecular complexity index is 1180. The van der Waals surface area contributed by atoms with Crippen LogP contribution in [0.25, 0.3) is 4.83 Å². The van der Waals surface area contributed by atoms with Gasteiger partial charge in [0.2, 0.25) is 10.0 Å². The Morgan fingerprint density at radius 2 is 1.97 bits per heavy atom. The van der Waals surface area contributed by atoms with Gasteiger partial charge < -0.3 is 4.74 Å². The van der Waals surface area contributed by atoms with Gasteiger partial charge in [0, 0.05) is 29.6 Å². The standard InChI is InChI=1S/C21H27N3O3S2/c1-13-8-9-18(27-5)19(11-13)29(25,26)23-10-6-7-17(12-23)20-21-24(16(4)22-20)14(2)15(3)28-21/h8-9,11,17H,6-7,10,12H2,1-5H3/t17-/m0/s1. The number of hydrogen-bond donors (Lipinski definition) is 0. The van der Waals surface area contributed by atoms with Gasteiger partial charge in [0.05, 0.1) is 12.8 Å². The lowest BCUT2D eigenvalue weighted by Gasteiger charge is -2.31. The molecule has 1 fully saturated rings. The number of sulfonamides is 1. The van der Waals surface area contributed by atoms with Crippen molar-refractivity contribution in [3.63, 3.8) is 0 Å². The van der Waals surface area contributed by atoms with Crippen LogP contribution < -0.4 is 4.74 Å². The van der Waals surface area contributed by atoms with Crippen molar-refractivity contribution in [2.75, 3.05) is 20.2 Å². The summed E-state index contributed by atoms with van der Waals surface area (Å²) in [7, 11) is -2.13. The van der Waals surface area contributed by atoms with Crippen molar-refractivity contribution < 1.29 is 13.2 Å². The number of thiazole rings is 1. The van der Waals surface area contributed by atoms with E-state index < -0.39 is 10.0 Å². The highest BCUT2D eigenvalue weighted by atomic mass is 32.2. The zero-order chi connectivity index (χ0) is 20.9. The van der Waals surface area contributed by atoms with Crippen LogP contribution >= 0.6 is 11.3 Å². The molecule has 0 saturated carbocycles. The van der Waals surface area contributed by atoms with Gasteiger partial charge in [-0.05, 0) is 58.2 Å². The monoisotopic (exact) mass is 433 g/mol. The number of imidazole rings is 1. The van der Waals surface area contributed by atoms with Gasteiger partial charge in [0.15, 0.2) is 0 Å². The van der Waals surface area contributed by atoms with Crippen molar-refractivity contribution in [1.29, 1.82) is 0 Å². The fourth-order valence-electron chi connectivity index (χ4n) is 4.18. The van der Waals surface area contributed by atoms with Crippen LogP contribution in [0.2, 0.25) is 0 Å². The Morgan fingerprint density at radius 1 is 1.21 bits per heavy atom. The number of methoxy groups -OCH3 is 1. The number of hydrogen-bond acceptors (Lipinski definition) is 5. The molecule has 0 aliphatic carbocycles. The van der Waals surface area contributed by atoms with E-state index in [4.69, 9.17) is 9.72 Å². The Kier molecular flexibility index (Phi) is 5.21. The molecule has 0 unspecified atom stereocenters. The van der Waals surface area contributed by atoms with Gasteiger partial charge in [-0.25, -0.2) is 13.4 Å². The second kappa shape index (κ2) is 7.41. The molecule has 0 N–H and O–H groups in total. The molecule has 1 atom stereocenters. The summed E-state index contributed by atoms with van der Waals surface area (Å²) in [6.45, 7) is 9.11. The topological polar surface area (TPSA) is 63.9 Å². The molecule has 156 valence electrons. The van der Waals surface area contributed by atoms with Crippen molar-refractivity contribution in [2.45, 2.75) is 51.3 Å². The molecule has 1 aliphatic heterocycles. The summed E-state index contributed by atoms with van der Waals surface area (Å²) in [5, 5.41) is 0. The average Bonchev–Trinajstić information content (AvgIpc) is 3.18. The summed E-state index contributed by atoms with van der Waals surface area (Å²) in [4.78, 5) is 7.51. The molecule has 3 heterocycles. The lowest BCUT2D eigenvalue weighted by Crippen LogP contribution is -2.39. The molecule has 0 amide bonds. The van der Waals surface area contributed by atoms with Gasteiger partial charge in [0.1, 0.15) is 21.3 Å². The Morgan fingerprint density at radius 3 is 2.69 bits per heavy atom. The number of nitrogens with zero attached hydrogens (tertiary/aromatic N) is 3. The molecule has 0 radical (unpaired) electrons. The predicted molar refractivity (Wildman–Crippen MR) is 116 cm³/mol. The van der Waals surface area contributed by atoms with E-state index in [0.717, 1.165) is 34.8 Å². The summed E-state index contributed by atoms with van der Waals surface area (Å²) >= 11 is 1.75. The molecule has 1 aliphatic rings. The maximum absolute atomic E-state index is 13.4. The first-order valence-corrected chi connectivity index (χ1v) is 12.1. The number of aromatic nitrogens is 2. The van der Waals surface area contributed by atoms with Crippen LogP contribution in [0.15, 0.2) is 23.1 Å². The Balaban J connectivity index is 1.71. The van der Waals surface area contributed by atoms with Gasteiger partial charge in [-0.3, -0.25) is 4.40 Å². The lowest BCUT2D eigenvalue weighted by atomic mass is 9.97. The number of aryl methyl sites for hydroxylation is 4. The van der Waals surface area contributed by atoms with E-state index >= 15 is 0 Å². The summed E-state index contributed by atoms with van der Waals surface area (Å²) in [5.74, 6) is 1.45. The van der Waals surface area contributed by atoms with Gasteiger partial charge in [-0.1, -0.05) is 6.07 Å². The Hall–Kier alpha value is -1.90. The second-order valence-corrected chi connectivity index (χ2v) is 10.9. The van der Waals surface area contributed by atoms with Crippen LogP contribution in [0.1, 0.15) is 46.4 Å². The molecule has 4 rings (SSSR count). The highest BCUT2D eigenvalue weighted by molar-refractivity contribution is 7.89. The van der Waals surface area contributed by atoms with E-state index in [-0.39, 0.29) is 10.8 Å². The first kappa shape index (κ1) is 20.4. The Labute approximate surface area is 176 Å². The van der Waals surface area contributed by atoms with Crippen molar-refractivity contribution in [3.8, 4) is 5.75 Å². The zero-order valence-electron chi connectivity index (χ0n) is 17.5. The first-order valence-electron chi connectivity index (χ1n) is 9.83. The smallest absolute Gasteiger partial charge is 0.246 e. The minimum Gasteiger partial charge on any atom is -0.495 e. The van der Waals surface area contributed by atoms with Crippen molar-refractivity contribution in [2.24, 2.45) is 0 Å². The fraction of sp³-hybridized carbons (Fsp3) is 0.476. The summed E-state index contributed by atoms with van der Waals surface area (Å²) in [5.41, 5.74) is 3.14. The van der Waals surface area contributed by atoms with Gasteiger partial charge >= 0.3 is 0 Å². The fourth-order valence-corrected chi connectivity index (χ4v) is 7.15. The molecule has 2 aromatic heterocycles. The minimum atomic E-state index is -3.64. The highest BCUT2D eigenvalue weighted by Crippen LogP contribution is 2.37. The predicted octanol–water partition coefficient (Wildman–Crippen LogP) is 4.21. The van der Waals surface area contributed by atoms with Gasteiger partial charge in [0.25, 0.3) is 0 Å². The van der Waals surface area contributed by atoms with E-state index in [2.05, 4.69) is 18.2 Å². The molecule has 6 nitrogen and oxygen atoms in total. The highest BCUT2D eigenvalue weighted by Gasteiger charge is 2.35. The molecule has 1 saturated heterocycles. The van der Waals surface area contributed by atoms with Gasteiger partial charge in [-0.2, -0.15) is 4.31 Å². The van der Waals surface area contributed by atoms with Crippen molar-refractivity contribution >= 4 is 26.2 Å². The first-order chi connectivity index (χ1) is 13.7. The molecule has 0 spiro atoms. The molecule has 3 aromatic rings. The van der Waals surface area contributed by atoms with Crippen LogP contribution in [0.4, 0.5) is 0 Å². The number of benzene rings is 1. The number of piperidine rings is 1. The molecule has 1 aromatic carbocycles. The maximum Gasteiger partial charge on any atom is 0.246 e. The average molecular weight is 434 g/mol. The summed E-state index contributed by atoms with van der Waals surface area (Å²) in [6.07, 6.45) is 1.76. The normalized spacial score (nSPS) is 18.4. The molecule has 8 heteroatoms. The zero-order valence-corrected chi connectivity index (χ0v) is 19.2. The SMILES string of the molecule is COc1ccc(C)cc1S(=O)(=O)N1CCC[C@H](c2nc(C)n3c(C)c(C)sc23)C1. The summed E-state index contributed by atoms with van der Waals surface area (Å²) < 4.78 is 36.0. The van der Waals surface area contributed by atoms with Crippen molar-refractivity contribution in [1.82, 2.24) is 13.7 Å². The quantitative estimate of drug-likeness (QED) is 0.618. The number of rotatable bonds is 4. The van der Waals surface area contributed by atoms with Crippen LogP contribution in [-0.4, -0.2) is 42.3 Å². The van der Waals surface area contributed by atoms with E-state index in [0.29, 0.717) is 18.8 Å². The minimum absolute atomic E-state index is 0.0930.